The van der Waals surface area contributed by atoms with Gasteiger partial charge in [0.05, 0.1) is 18.9 Å². The monoisotopic (exact) mass is 314 g/mol. The maximum atomic E-state index is 5.60. The fraction of sp³-hybridized carbons (Fsp3) is 0.368. The summed E-state index contributed by atoms with van der Waals surface area (Å²) in [5, 5.41) is 6.79. The second-order valence-corrected chi connectivity index (χ2v) is 5.16. The zero-order chi connectivity index (χ0) is 16.3. The second-order valence-electron chi connectivity index (χ2n) is 5.16. The Bertz CT molecular complexity index is 570. The summed E-state index contributed by atoms with van der Waals surface area (Å²) >= 11 is 0. The van der Waals surface area contributed by atoms with Crippen LogP contribution in [0.5, 0.6) is 11.5 Å². The largest absolute Gasteiger partial charge is 0.494 e. The summed E-state index contributed by atoms with van der Waals surface area (Å²) in [6.45, 7) is 7.17. The van der Waals surface area contributed by atoms with Crippen LogP contribution in [-0.2, 0) is 0 Å². The van der Waals surface area contributed by atoms with E-state index in [9.17, 15) is 0 Å². The third-order valence-electron chi connectivity index (χ3n) is 3.28. The van der Waals surface area contributed by atoms with Gasteiger partial charge in [0.25, 0.3) is 0 Å². The van der Waals surface area contributed by atoms with E-state index in [1.165, 1.54) is 0 Å². The summed E-state index contributed by atoms with van der Waals surface area (Å²) in [4.78, 5) is 0. The highest BCUT2D eigenvalue weighted by molar-refractivity contribution is 5.56. The van der Waals surface area contributed by atoms with Gasteiger partial charge in [-0.3, -0.25) is 0 Å². The van der Waals surface area contributed by atoms with E-state index >= 15 is 0 Å². The SMILES string of the molecule is CCCOc1ccc(NCCNc2ccccc2OCC)cc1. The van der Waals surface area contributed by atoms with Gasteiger partial charge in [-0.1, -0.05) is 19.1 Å². The van der Waals surface area contributed by atoms with E-state index in [0.717, 1.165) is 49.0 Å². The van der Waals surface area contributed by atoms with Crippen LogP contribution in [0.15, 0.2) is 48.5 Å². The summed E-state index contributed by atoms with van der Waals surface area (Å²) in [6, 6.07) is 16.1. The molecule has 0 bridgehead atoms. The fourth-order valence-corrected chi connectivity index (χ4v) is 2.19. The minimum absolute atomic E-state index is 0.670. The van der Waals surface area contributed by atoms with Gasteiger partial charge in [0.2, 0.25) is 0 Å². The van der Waals surface area contributed by atoms with Crippen molar-refractivity contribution >= 4 is 11.4 Å². The Morgan fingerprint density at radius 1 is 0.826 bits per heavy atom. The number of hydrogen-bond acceptors (Lipinski definition) is 4. The number of nitrogens with one attached hydrogen (secondary N) is 2. The summed E-state index contributed by atoms with van der Waals surface area (Å²) in [6.07, 6.45) is 1.02. The number of para-hydroxylation sites is 2. The molecule has 0 saturated carbocycles. The molecule has 0 aliphatic heterocycles. The Morgan fingerprint density at radius 2 is 1.57 bits per heavy atom. The molecule has 23 heavy (non-hydrogen) atoms. The van der Waals surface area contributed by atoms with Crippen molar-refractivity contribution < 1.29 is 9.47 Å². The topological polar surface area (TPSA) is 42.5 Å². The normalized spacial score (nSPS) is 10.2. The molecule has 2 N–H and O–H groups in total. The van der Waals surface area contributed by atoms with E-state index in [2.05, 4.69) is 17.6 Å². The van der Waals surface area contributed by atoms with Crippen molar-refractivity contribution in [3.8, 4) is 11.5 Å². The minimum atomic E-state index is 0.670. The predicted octanol–water partition coefficient (Wildman–Crippen LogP) is 4.40. The zero-order valence-corrected chi connectivity index (χ0v) is 14.0. The average Bonchev–Trinajstić information content (AvgIpc) is 2.59. The molecule has 4 heteroatoms. The summed E-state index contributed by atoms with van der Waals surface area (Å²) in [7, 11) is 0. The van der Waals surface area contributed by atoms with Crippen molar-refractivity contribution in [3.05, 3.63) is 48.5 Å². The quantitative estimate of drug-likeness (QED) is 0.638. The van der Waals surface area contributed by atoms with Crippen molar-refractivity contribution in [1.29, 1.82) is 0 Å². The highest BCUT2D eigenvalue weighted by Gasteiger charge is 2.01. The lowest BCUT2D eigenvalue weighted by molar-refractivity contribution is 0.317. The van der Waals surface area contributed by atoms with Gasteiger partial charge in [-0.05, 0) is 49.7 Å². The number of anilines is 2. The van der Waals surface area contributed by atoms with E-state index < -0.39 is 0 Å². The Hall–Kier alpha value is -2.36. The molecule has 0 aliphatic carbocycles. The van der Waals surface area contributed by atoms with Gasteiger partial charge < -0.3 is 20.1 Å². The molecule has 0 saturated heterocycles. The minimum Gasteiger partial charge on any atom is -0.494 e. The Balaban J connectivity index is 1.75. The molecular formula is C19H26N2O2. The summed E-state index contributed by atoms with van der Waals surface area (Å²) in [5.41, 5.74) is 2.12. The van der Waals surface area contributed by atoms with Crippen LogP contribution in [0, 0.1) is 0 Å². The van der Waals surface area contributed by atoms with Crippen LogP contribution >= 0.6 is 0 Å². The van der Waals surface area contributed by atoms with E-state index in [0.29, 0.717) is 6.61 Å². The second kappa shape index (κ2) is 9.62. The lowest BCUT2D eigenvalue weighted by Crippen LogP contribution is -2.14. The van der Waals surface area contributed by atoms with E-state index in [4.69, 9.17) is 9.47 Å². The maximum Gasteiger partial charge on any atom is 0.142 e. The van der Waals surface area contributed by atoms with Gasteiger partial charge >= 0.3 is 0 Å². The van der Waals surface area contributed by atoms with Crippen LogP contribution in [-0.4, -0.2) is 26.3 Å². The molecular weight excluding hydrogens is 288 g/mol. The number of hydrogen-bond donors (Lipinski definition) is 2. The molecule has 0 unspecified atom stereocenters. The van der Waals surface area contributed by atoms with Gasteiger partial charge in [0.1, 0.15) is 11.5 Å². The van der Waals surface area contributed by atoms with Gasteiger partial charge in [-0.25, -0.2) is 0 Å². The van der Waals surface area contributed by atoms with Gasteiger partial charge in [-0.15, -0.1) is 0 Å². The van der Waals surface area contributed by atoms with E-state index in [-0.39, 0.29) is 0 Å². The van der Waals surface area contributed by atoms with Crippen molar-refractivity contribution in [2.24, 2.45) is 0 Å². The predicted molar refractivity (Wildman–Crippen MR) is 96.8 cm³/mol. The van der Waals surface area contributed by atoms with Gasteiger partial charge in [-0.2, -0.15) is 0 Å². The van der Waals surface area contributed by atoms with Crippen LogP contribution in [0.25, 0.3) is 0 Å². The summed E-state index contributed by atoms with van der Waals surface area (Å²) in [5.74, 6) is 1.81. The zero-order valence-electron chi connectivity index (χ0n) is 14.0. The van der Waals surface area contributed by atoms with Crippen LogP contribution < -0.4 is 20.1 Å². The highest BCUT2D eigenvalue weighted by Crippen LogP contribution is 2.23. The lowest BCUT2D eigenvalue weighted by Gasteiger charge is -2.13. The molecule has 2 aromatic carbocycles. The third-order valence-corrected chi connectivity index (χ3v) is 3.28. The Morgan fingerprint density at radius 3 is 2.30 bits per heavy atom. The van der Waals surface area contributed by atoms with Crippen molar-refractivity contribution in [2.75, 3.05) is 36.9 Å². The molecule has 0 heterocycles. The number of benzene rings is 2. The molecule has 124 valence electrons. The first kappa shape index (κ1) is 17.0. The first-order valence-electron chi connectivity index (χ1n) is 8.26. The van der Waals surface area contributed by atoms with Crippen molar-refractivity contribution in [3.63, 3.8) is 0 Å². The molecule has 0 aliphatic rings. The number of ether oxygens (including phenoxy) is 2. The average molecular weight is 314 g/mol. The number of rotatable bonds is 10. The first-order valence-corrected chi connectivity index (χ1v) is 8.26. The molecule has 2 rings (SSSR count). The molecule has 0 spiro atoms. The lowest BCUT2D eigenvalue weighted by atomic mass is 10.3. The Kier molecular flexibility index (Phi) is 7.11. The first-order chi connectivity index (χ1) is 11.3. The van der Waals surface area contributed by atoms with E-state index in [1.54, 1.807) is 0 Å². The molecule has 2 aromatic rings. The molecule has 0 radical (unpaired) electrons. The maximum absolute atomic E-state index is 5.60. The molecule has 0 atom stereocenters. The van der Waals surface area contributed by atoms with Crippen molar-refractivity contribution in [2.45, 2.75) is 20.3 Å². The fourth-order valence-electron chi connectivity index (χ4n) is 2.19. The molecule has 0 fully saturated rings. The summed E-state index contributed by atoms with van der Waals surface area (Å²) < 4.78 is 11.2. The molecule has 4 nitrogen and oxygen atoms in total. The van der Waals surface area contributed by atoms with E-state index in [1.807, 2.05) is 55.5 Å². The standard InChI is InChI=1S/C19H26N2O2/c1-3-15-23-17-11-9-16(10-12-17)20-13-14-21-18-7-5-6-8-19(18)22-4-2/h5-12,20-21H,3-4,13-15H2,1-2H3. The van der Waals surface area contributed by atoms with Gasteiger partial charge in [0.15, 0.2) is 0 Å². The van der Waals surface area contributed by atoms with Crippen LogP contribution in [0.4, 0.5) is 11.4 Å². The van der Waals surface area contributed by atoms with Crippen LogP contribution in [0.3, 0.4) is 0 Å². The van der Waals surface area contributed by atoms with Crippen molar-refractivity contribution in [1.82, 2.24) is 0 Å². The highest BCUT2D eigenvalue weighted by atomic mass is 16.5. The van der Waals surface area contributed by atoms with Crippen LogP contribution in [0.2, 0.25) is 0 Å². The Labute approximate surface area is 138 Å². The molecule has 0 aromatic heterocycles. The third kappa shape index (κ3) is 5.74. The molecule has 0 amide bonds. The van der Waals surface area contributed by atoms with Crippen LogP contribution in [0.1, 0.15) is 20.3 Å². The van der Waals surface area contributed by atoms with Gasteiger partial charge in [0, 0.05) is 18.8 Å². The smallest absolute Gasteiger partial charge is 0.142 e.